The molecule has 0 amide bonds. The second kappa shape index (κ2) is 5.72. The van der Waals surface area contributed by atoms with Crippen molar-refractivity contribution in [3.63, 3.8) is 0 Å². The van der Waals surface area contributed by atoms with Crippen LogP contribution in [0.25, 0.3) is 0 Å². The largest absolute Gasteiger partial charge is 0.216 e. The fourth-order valence-electron chi connectivity index (χ4n) is 1.38. The van der Waals surface area contributed by atoms with Gasteiger partial charge >= 0.3 is 0 Å². The zero-order valence-electron chi connectivity index (χ0n) is 11.8. The van der Waals surface area contributed by atoms with E-state index in [1.54, 1.807) is 24.3 Å². The van der Waals surface area contributed by atoms with E-state index in [0.29, 0.717) is 11.1 Å². The summed E-state index contributed by atoms with van der Waals surface area (Å²) in [5.41, 5.74) is 1.07. The summed E-state index contributed by atoms with van der Waals surface area (Å²) >= 11 is 0. The predicted molar refractivity (Wildman–Crippen MR) is 75.8 cm³/mol. The van der Waals surface area contributed by atoms with Gasteiger partial charge in [0.25, 0.3) is 0 Å². The molecule has 0 fully saturated rings. The normalized spacial score (nSPS) is 13.8. The number of benzene rings is 1. The van der Waals surface area contributed by atoms with Crippen LogP contribution in [-0.4, -0.2) is 14.5 Å². The van der Waals surface area contributed by atoms with Crippen LogP contribution in [0.5, 0.6) is 0 Å². The van der Waals surface area contributed by atoms with Crippen LogP contribution >= 0.6 is 0 Å². The highest BCUT2D eigenvalue weighted by atomic mass is 32.2. The van der Waals surface area contributed by atoms with Crippen molar-refractivity contribution in [2.75, 3.05) is 0 Å². The molecule has 4 nitrogen and oxygen atoms in total. The highest BCUT2D eigenvalue weighted by molar-refractivity contribution is 7.88. The number of nitrogens with one attached hydrogen (secondary N) is 1. The molecule has 0 radical (unpaired) electrons. The van der Waals surface area contributed by atoms with E-state index in [1.165, 1.54) is 0 Å². The number of hydrogen-bond acceptors (Lipinski definition) is 3. The van der Waals surface area contributed by atoms with Gasteiger partial charge in [-0.1, -0.05) is 32.9 Å². The van der Waals surface area contributed by atoms with Gasteiger partial charge < -0.3 is 0 Å². The molecule has 1 N–H and O–H groups in total. The smallest absolute Gasteiger partial charge is 0.212 e. The highest BCUT2D eigenvalue weighted by Gasteiger charge is 2.24. The first-order valence-corrected chi connectivity index (χ1v) is 7.78. The molecule has 0 saturated heterocycles. The molecule has 1 atom stereocenters. The number of nitriles is 1. The highest BCUT2D eigenvalue weighted by Crippen LogP contribution is 2.20. The average molecular weight is 280 g/mol. The molecule has 1 aromatic carbocycles. The summed E-state index contributed by atoms with van der Waals surface area (Å²) in [6.45, 7) is 7.82. The van der Waals surface area contributed by atoms with Crippen LogP contribution in [0.3, 0.4) is 0 Å². The zero-order valence-corrected chi connectivity index (χ0v) is 12.6. The van der Waals surface area contributed by atoms with Gasteiger partial charge in [-0.15, -0.1) is 0 Å². The summed E-state index contributed by atoms with van der Waals surface area (Å²) in [5, 5.41) is 8.69. The van der Waals surface area contributed by atoms with Crippen molar-refractivity contribution in [1.82, 2.24) is 4.72 Å². The van der Waals surface area contributed by atoms with Gasteiger partial charge in [-0.25, -0.2) is 13.1 Å². The Morgan fingerprint density at radius 1 is 1.26 bits per heavy atom. The maximum atomic E-state index is 12.0. The molecule has 1 rings (SSSR count). The van der Waals surface area contributed by atoms with Crippen LogP contribution in [-0.2, 0) is 15.8 Å². The summed E-state index contributed by atoms with van der Waals surface area (Å²) in [6, 6.07) is 8.44. The number of hydrogen-bond donors (Lipinski definition) is 1. The van der Waals surface area contributed by atoms with Gasteiger partial charge in [-0.05, 0) is 30.0 Å². The van der Waals surface area contributed by atoms with E-state index in [1.807, 2.05) is 33.8 Å². The molecule has 0 heterocycles. The van der Waals surface area contributed by atoms with Gasteiger partial charge in [0, 0.05) is 6.04 Å². The molecule has 0 saturated carbocycles. The van der Waals surface area contributed by atoms with E-state index in [2.05, 4.69) is 4.72 Å². The third-order valence-corrected chi connectivity index (χ3v) is 4.52. The molecular formula is C14H20N2O2S. The first-order chi connectivity index (χ1) is 8.64. The maximum Gasteiger partial charge on any atom is 0.216 e. The van der Waals surface area contributed by atoms with Crippen LogP contribution in [0.1, 0.15) is 38.8 Å². The summed E-state index contributed by atoms with van der Waals surface area (Å²) in [5.74, 6) is -0.0703. The van der Waals surface area contributed by atoms with Crippen molar-refractivity contribution in [3.8, 4) is 6.07 Å². The van der Waals surface area contributed by atoms with E-state index in [4.69, 9.17) is 5.26 Å². The Morgan fingerprint density at radius 3 is 2.21 bits per heavy atom. The van der Waals surface area contributed by atoms with Crippen LogP contribution in [0.2, 0.25) is 0 Å². The summed E-state index contributed by atoms with van der Waals surface area (Å²) in [4.78, 5) is 0. The second-order valence-corrected chi connectivity index (χ2v) is 7.53. The summed E-state index contributed by atoms with van der Waals surface area (Å²) < 4.78 is 26.8. The van der Waals surface area contributed by atoms with E-state index in [0.717, 1.165) is 0 Å². The molecular weight excluding hydrogens is 260 g/mol. The number of rotatable bonds is 4. The lowest BCUT2D eigenvalue weighted by Gasteiger charge is -2.27. The average Bonchev–Trinajstić information content (AvgIpc) is 2.27. The fraction of sp³-hybridized carbons (Fsp3) is 0.500. The van der Waals surface area contributed by atoms with Crippen molar-refractivity contribution in [1.29, 1.82) is 5.26 Å². The van der Waals surface area contributed by atoms with Gasteiger partial charge in [0.2, 0.25) is 10.0 Å². The Balaban J connectivity index is 2.77. The van der Waals surface area contributed by atoms with Crippen molar-refractivity contribution >= 4 is 10.0 Å². The van der Waals surface area contributed by atoms with Crippen molar-refractivity contribution < 1.29 is 8.42 Å². The van der Waals surface area contributed by atoms with E-state index < -0.39 is 10.0 Å². The second-order valence-electron chi connectivity index (χ2n) is 5.77. The molecule has 104 valence electrons. The third-order valence-electron chi connectivity index (χ3n) is 3.10. The Bertz CT molecular complexity index is 563. The molecule has 19 heavy (non-hydrogen) atoms. The first-order valence-electron chi connectivity index (χ1n) is 6.13. The standard InChI is InChI=1S/C14H20N2O2S/c1-11(14(2,3)4)16-19(17,18)10-13-7-5-12(9-15)6-8-13/h5-8,11,16H,10H2,1-4H3. The molecule has 0 aliphatic carbocycles. The third kappa shape index (κ3) is 5.01. The van der Waals surface area contributed by atoms with Gasteiger partial charge in [0.1, 0.15) is 0 Å². The van der Waals surface area contributed by atoms with Crippen LogP contribution < -0.4 is 4.72 Å². The molecule has 0 aliphatic heterocycles. The lowest BCUT2D eigenvalue weighted by atomic mass is 9.89. The quantitative estimate of drug-likeness (QED) is 0.920. The zero-order chi connectivity index (χ0) is 14.7. The maximum absolute atomic E-state index is 12.0. The molecule has 0 spiro atoms. The topological polar surface area (TPSA) is 70.0 Å². The minimum atomic E-state index is -3.37. The summed E-state index contributed by atoms with van der Waals surface area (Å²) in [6.07, 6.45) is 0. The molecule has 0 aromatic heterocycles. The van der Waals surface area contributed by atoms with Crippen molar-refractivity contribution in [2.24, 2.45) is 5.41 Å². The van der Waals surface area contributed by atoms with Gasteiger partial charge in [-0.2, -0.15) is 5.26 Å². The fourth-order valence-corrected chi connectivity index (χ4v) is 2.99. The first kappa shape index (κ1) is 15.7. The van der Waals surface area contributed by atoms with E-state index in [9.17, 15) is 8.42 Å². The SMILES string of the molecule is CC(NS(=O)(=O)Cc1ccc(C#N)cc1)C(C)(C)C. The van der Waals surface area contributed by atoms with Crippen LogP contribution in [0.4, 0.5) is 0 Å². The Hall–Kier alpha value is -1.38. The van der Waals surface area contributed by atoms with E-state index in [-0.39, 0.29) is 17.2 Å². The van der Waals surface area contributed by atoms with E-state index >= 15 is 0 Å². The Morgan fingerprint density at radius 2 is 1.79 bits per heavy atom. The Labute approximate surface area is 115 Å². The lowest BCUT2D eigenvalue weighted by molar-refractivity contribution is 0.317. The van der Waals surface area contributed by atoms with Crippen LogP contribution in [0.15, 0.2) is 24.3 Å². The van der Waals surface area contributed by atoms with Gasteiger partial charge in [0.05, 0.1) is 17.4 Å². The van der Waals surface area contributed by atoms with Crippen molar-refractivity contribution in [3.05, 3.63) is 35.4 Å². The molecule has 0 aliphatic rings. The van der Waals surface area contributed by atoms with Gasteiger partial charge in [-0.3, -0.25) is 0 Å². The lowest BCUT2D eigenvalue weighted by Crippen LogP contribution is -2.41. The van der Waals surface area contributed by atoms with Gasteiger partial charge in [0.15, 0.2) is 0 Å². The number of nitrogens with zero attached hydrogens (tertiary/aromatic N) is 1. The van der Waals surface area contributed by atoms with Crippen LogP contribution in [0, 0.1) is 16.7 Å². The summed E-state index contributed by atoms with van der Waals surface area (Å²) in [7, 11) is -3.37. The minimum Gasteiger partial charge on any atom is -0.212 e. The minimum absolute atomic E-state index is 0.0703. The molecule has 1 aromatic rings. The monoisotopic (exact) mass is 280 g/mol. The molecule has 5 heteroatoms. The Kier molecular flexibility index (Phi) is 4.72. The predicted octanol–water partition coefficient (Wildman–Crippen LogP) is 2.41. The number of sulfonamides is 1. The molecule has 0 bridgehead atoms. The molecule has 1 unspecified atom stereocenters. The van der Waals surface area contributed by atoms with Crippen molar-refractivity contribution in [2.45, 2.75) is 39.5 Å².